The Hall–Kier alpha value is -3.14. The zero-order chi connectivity index (χ0) is 22.9. The van der Waals surface area contributed by atoms with Crippen molar-refractivity contribution in [1.82, 2.24) is 15.0 Å². The minimum atomic E-state index is -0.222. The van der Waals surface area contributed by atoms with Gasteiger partial charge in [0, 0.05) is 32.9 Å². The van der Waals surface area contributed by atoms with Crippen LogP contribution in [0.3, 0.4) is 0 Å². The number of piperidine rings is 1. The van der Waals surface area contributed by atoms with Gasteiger partial charge in [-0.2, -0.15) is 9.97 Å². The summed E-state index contributed by atoms with van der Waals surface area (Å²) in [6.45, 7) is 4.71. The van der Waals surface area contributed by atoms with Gasteiger partial charge >= 0.3 is 6.01 Å². The molecule has 1 aliphatic heterocycles. The van der Waals surface area contributed by atoms with Crippen LogP contribution in [0.1, 0.15) is 38.2 Å². The standard InChI is InChI=1S/C22H33N7O3/c1-3-4-13-32-22-26-20(23)19(24-2)21(27-22)29(11-12-30)15-16-5-6-18(25-14-16)28-9-7-17(31)8-10-28/h5-6,12,14,17,24,31H,3-4,7-11,13,15H2,1-2H3,(H2,23,26,27). The first kappa shape index (κ1) is 23.5. The molecule has 0 spiro atoms. The van der Waals surface area contributed by atoms with Crippen LogP contribution < -0.4 is 25.6 Å². The van der Waals surface area contributed by atoms with E-state index in [0.29, 0.717) is 24.7 Å². The number of ether oxygens (including phenoxy) is 1. The Morgan fingerprint density at radius 3 is 2.75 bits per heavy atom. The second kappa shape index (κ2) is 11.5. The van der Waals surface area contributed by atoms with Gasteiger partial charge in [-0.3, -0.25) is 0 Å². The second-order valence-corrected chi connectivity index (χ2v) is 7.83. The van der Waals surface area contributed by atoms with E-state index in [1.54, 1.807) is 13.2 Å². The minimum Gasteiger partial charge on any atom is -0.463 e. The Balaban J connectivity index is 1.79. The third-order valence-electron chi connectivity index (χ3n) is 5.44. The summed E-state index contributed by atoms with van der Waals surface area (Å²) in [6.07, 6.45) is 5.80. The fourth-order valence-corrected chi connectivity index (χ4v) is 3.61. The van der Waals surface area contributed by atoms with Crippen molar-refractivity contribution >= 4 is 29.4 Å². The monoisotopic (exact) mass is 443 g/mol. The summed E-state index contributed by atoms with van der Waals surface area (Å²) >= 11 is 0. The van der Waals surface area contributed by atoms with Crippen molar-refractivity contribution in [3.8, 4) is 6.01 Å². The second-order valence-electron chi connectivity index (χ2n) is 7.83. The van der Waals surface area contributed by atoms with Crippen LogP contribution in [0.5, 0.6) is 6.01 Å². The molecule has 3 rings (SSSR count). The number of nitrogen functional groups attached to an aromatic ring is 1. The Morgan fingerprint density at radius 2 is 2.12 bits per heavy atom. The maximum atomic E-state index is 11.4. The topological polar surface area (TPSA) is 130 Å². The molecule has 10 heteroatoms. The molecule has 0 aliphatic carbocycles. The number of carbonyl (C=O) groups is 1. The van der Waals surface area contributed by atoms with Crippen molar-refractivity contribution in [2.45, 2.75) is 45.3 Å². The predicted molar refractivity (Wildman–Crippen MR) is 125 cm³/mol. The van der Waals surface area contributed by atoms with E-state index in [-0.39, 0.29) is 24.5 Å². The highest BCUT2D eigenvalue weighted by Gasteiger charge is 2.20. The van der Waals surface area contributed by atoms with Crippen molar-refractivity contribution in [2.24, 2.45) is 0 Å². The van der Waals surface area contributed by atoms with Gasteiger partial charge < -0.3 is 35.5 Å². The molecule has 2 aromatic rings. The number of nitrogens with zero attached hydrogens (tertiary/aromatic N) is 5. The van der Waals surface area contributed by atoms with E-state index in [9.17, 15) is 9.90 Å². The molecule has 1 fully saturated rings. The number of aromatic nitrogens is 3. The van der Waals surface area contributed by atoms with Crippen molar-refractivity contribution in [2.75, 3.05) is 54.1 Å². The summed E-state index contributed by atoms with van der Waals surface area (Å²) in [7, 11) is 1.74. The number of hydrogen-bond acceptors (Lipinski definition) is 10. The summed E-state index contributed by atoms with van der Waals surface area (Å²) in [5.74, 6) is 1.66. The van der Waals surface area contributed by atoms with Crippen LogP contribution in [0, 0.1) is 0 Å². The normalized spacial score (nSPS) is 14.3. The number of anilines is 4. The number of pyridine rings is 1. The van der Waals surface area contributed by atoms with Gasteiger partial charge in [-0.1, -0.05) is 19.4 Å². The quantitative estimate of drug-likeness (QED) is 0.349. The van der Waals surface area contributed by atoms with E-state index >= 15 is 0 Å². The van der Waals surface area contributed by atoms with Crippen molar-refractivity contribution in [1.29, 1.82) is 0 Å². The van der Waals surface area contributed by atoms with E-state index in [1.807, 2.05) is 17.0 Å². The Kier molecular flexibility index (Phi) is 8.43. The number of hydrogen-bond donors (Lipinski definition) is 3. The highest BCUT2D eigenvalue weighted by molar-refractivity contribution is 5.78. The number of nitrogens with two attached hydrogens (primary N) is 1. The van der Waals surface area contributed by atoms with Gasteiger partial charge in [0.05, 0.1) is 19.3 Å². The number of aldehydes is 1. The summed E-state index contributed by atoms with van der Waals surface area (Å²) in [4.78, 5) is 28.8. The van der Waals surface area contributed by atoms with Gasteiger partial charge in [0.25, 0.3) is 0 Å². The van der Waals surface area contributed by atoms with Crippen LogP contribution in [0.2, 0.25) is 0 Å². The van der Waals surface area contributed by atoms with Crippen molar-refractivity contribution < 1.29 is 14.6 Å². The number of aliphatic hydroxyl groups is 1. The average molecular weight is 444 g/mol. The highest BCUT2D eigenvalue weighted by Crippen LogP contribution is 2.31. The van der Waals surface area contributed by atoms with Gasteiger partial charge in [0.15, 0.2) is 11.6 Å². The molecule has 0 saturated carbocycles. The highest BCUT2D eigenvalue weighted by atomic mass is 16.5. The lowest BCUT2D eigenvalue weighted by molar-refractivity contribution is -0.106. The maximum absolute atomic E-state index is 11.4. The van der Waals surface area contributed by atoms with Gasteiger partial charge in [-0.25, -0.2) is 4.98 Å². The van der Waals surface area contributed by atoms with Crippen LogP contribution in [0.4, 0.5) is 23.1 Å². The molecule has 0 atom stereocenters. The van der Waals surface area contributed by atoms with Crippen molar-refractivity contribution in [3.63, 3.8) is 0 Å². The Morgan fingerprint density at radius 1 is 1.34 bits per heavy atom. The molecule has 1 aliphatic rings. The number of nitrogens with one attached hydrogen (secondary N) is 1. The summed E-state index contributed by atoms with van der Waals surface area (Å²) in [6, 6.07) is 4.16. The largest absolute Gasteiger partial charge is 0.463 e. The zero-order valence-electron chi connectivity index (χ0n) is 18.8. The summed E-state index contributed by atoms with van der Waals surface area (Å²) < 4.78 is 5.66. The van der Waals surface area contributed by atoms with E-state index < -0.39 is 0 Å². The smallest absolute Gasteiger partial charge is 0.320 e. The third kappa shape index (κ3) is 5.97. The van der Waals surface area contributed by atoms with Gasteiger partial charge in [0.2, 0.25) is 0 Å². The first-order valence-electron chi connectivity index (χ1n) is 11.1. The first-order valence-corrected chi connectivity index (χ1v) is 11.1. The van der Waals surface area contributed by atoms with Crippen LogP contribution in [0.25, 0.3) is 0 Å². The van der Waals surface area contributed by atoms with E-state index in [4.69, 9.17) is 10.5 Å². The molecular formula is C22H33N7O3. The van der Waals surface area contributed by atoms with E-state index in [0.717, 1.165) is 56.4 Å². The molecule has 174 valence electrons. The maximum Gasteiger partial charge on any atom is 0.320 e. The number of aliphatic hydroxyl groups excluding tert-OH is 1. The SMILES string of the molecule is CCCCOc1nc(N)c(NC)c(N(CC=O)Cc2ccc(N3CCC(O)CC3)nc2)n1. The average Bonchev–Trinajstić information content (AvgIpc) is 2.80. The first-order chi connectivity index (χ1) is 15.5. The lowest BCUT2D eigenvalue weighted by atomic mass is 10.1. The molecule has 10 nitrogen and oxygen atoms in total. The molecule has 2 aromatic heterocycles. The van der Waals surface area contributed by atoms with E-state index in [1.165, 1.54) is 0 Å². The molecule has 0 bridgehead atoms. The van der Waals surface area contributed by atoms with Crippen molar-refractivity contribution in [3.05, 3.63) is 23.9 Å². The van der Waals surface area contributed by atoms with Crippen LogP contribution >= 0.6 is 0 Å². The molecule has 0 amide bonds. The third-order valence-corrected chi connectivity index (χ3v) is 5.44. The molecule has 0 unspecified atom stereocenters. The van der Waals surface area contributed by atoms with Crippen LogP contribution in [0.15, 0.2) is 18.3 Å². The molecule has 4 N–H and O–H groups in total. The molecule has 0 radical (unpaired) electrons. The Labute approximate surface area is 188 Å². The molecule has 0 aromatic carbocycles. The Bertz CT molecular complexity index is 871. The van der Waals surface area contributed by atoms with Crippen LogP contribution in [-0.2, 0) is 11.3 Å². The fraction of sp³-hybridized carbons (Fsp3) is 0.545. The summed E-state index contributed by atoms with van der Waals surface area (Å²) in [5.41, 5.74) is 7.61. The molecular weight excluding hydrogens is 410 g/mol. The van der Waals surface area contributed by atoms with Crippen LogP contribution in [-0.4, -0.2) is 65.7 Å². The van der Waals surface area contributed by atoms with E-state index in [2.05, 4.69) is 32.1 Å². The summed E-state index contributed by atoms with van der Waals surface area (Å²) in [5, 5.41) is 12.7. The fourth-order valence-electron chi connectivity index (χ4n) is 3.61. The van der Waals surface area contributed by atoms with Gasteiger partial charge in [-0.15, -0.1) is 0 Å². The number of unbranched alkanes of at least 4 members (excludes halogenated alkanes) is 1. The molecule has 3 heterocycles. The number of carbonyl (C=O) groups excluding carboxylic acids is 1. The van der Waals surface area contributed by atoms with Gasteiger partial charge in [-0.05, 0) is 30.9 Å². The molecule has 1 saturated heterocycles. The van der Waals surface area contributed by atoms with Gasteiger partial charge in [0.1, 0.15) is 17.8 Å². The lowest BCUT2D eigenvalue weighted by Crippen LogP contribution is -2.36. The lowest BCUT2D eigenvalue weighted by Gasteiger charge is -2.30. The minimum absolute atomic E-state index is 0.130. The zero-order valence-corrected chi connectivity index (χ0v) is 18.8. The predicted octanol–water partition coefficient (Wildman–Crippen LogP) is 1.84. The molecule has 32 heavy (non-hydrogen) atoms. The number of rotatable bonds is 11.